The Morgan fingerprint density at radius 1 is 1.44 bits per heavy atom. The zero-order valence-corrected chi connectivity index (χ0v) is 10.2. The van der Waals surface area contributed by atoms with Gasteiger partial charge in [0.15, 0.2) is 0 Å². The second kappa shape index (κ2) is 7.63. The predicted molar refractivity (Wildman–Crippen MR) is 64.2 cm³/mol. The van der Waals surface area contributed by atoms with Crippen LogP contribution in [0.25, 0.3) is 0 Å². The third-order valence-electron chi connectivity index (χ3n) is 3.17. The molecule has 94 valence electrons. The highest BCUT2D eigenvalue weighted by atomic mass is 16.3. The van der Waals surface area contributed by atoms with Crippen LogP contribution in [-0.4, -0.2) is 48.2 Å². The smallest absolute Gasteiger partial charge is 0.234 e. The van der Waals surface area contributed by atoms with Crippen LogP contribution in [-0.2, 0) is 4.79 Å². The Morgan fingerprint density at radius 2 is 2.12 bits per heavy atom. The van der Waals surface area contributed by atoms with Crippen molar-refractivity contribution in [1.29, 1.82) is 0 Å². The van der Waals surface area contributed by atoms with E-state index in [9.17, 15) is 4.79 Å². The van der Waals surface area contributed by atoms with E-state index in [1.807, 2.05) is 6.92 Å². The van der Waals surface area contributed by atoms with E-state index in [4.69, 9.17) is 5.11 Å². The molecule has 0 aromatic rings. The largest absolute Gasteiger partial charge is 0.396 e. The Morgan fingerprint density at radius 3 is 2.69 bits per heavy atom. The summed E-state index contributed by atoms with van der Waals surface area (Å²) < 4.78 is 0. The van der Waals surface area contributed by atoms with Gasteiger partial charge in [-0.25, -0.2) is 0 Å². The highest BCUT2D eigenvalue weighted by molar-refractivity contribution is 5.78. The van der Waals surface area contributed by atoms with Crippen LogP contribution < -0.4 is 5.32 Å². The van der Waals surface area contributed by atoms with Crippen molar-refractivity contribution in [3.63, 3.8) is 0 Å². The predicted octanol–water partition coefficient (Wildman–Crippen LogP) is 0.749. The summed E-state index contributed by atoms with van der Waals surface area (Å²) in [7, 11) is 0. The molecule has 0 atom stereocenters. The Bertz CT molecular complexity index is 203. The van der Waals surface area contributed by atoms with E-state index < -0.39 is 0 Å². The lowest BCUT2D eigenvalue weighted by atomic mass is 10.2. The van der Waals surface area contributed by atoms with E-state index in [2.05, 4.69) is 10.2 Å². The van der Waals surface area contributed by atoms with Crippen LogP contribution in [0.5, 0.6) is 0 Å². The molecule has 0 spiro atoms. The molecule has 2 N–H and O–H groups in total. The molecule has 0 bridgehead atoms. The molecule has 16 heavy (non-hydrogen) atoms. The summed E-state index contributed by atoms with van der Waals surface area (Å²) in [6, 6.07) is 0.407. The Kier molecular flexibility index (Phi) is 6.42. The molecule has 1 aliphatic rings. The fraction of sp³-hybridized carbons (Fsp3) is 0.917. The maximum Gasteiger partial charge on any atom is 0.234 e. The average molecular weight is 228 g/mol. The minimum absolute atomic E-state index is 0.131. The first-order chi connectivity index (χ1) is 7.76. The molecule has 1 amide bonds. The topological polar surface area (TPSA) is 52.6 Å². The molecule has 0 unspecified atom stereocenters. The first-order valence-electron chi connectivity index (χ1n) is 6.38. The summed E-state index contributed by atoms with van der Waals surface area (Å²) in [5, 5.41) is 11.8. The molecule has 0 aliphatic heterocycles. The van der Waals surface area contributed by atoms with Crippen molar-refractivity contribution in [1.82, 2.24) is 10.2 Å². The zero-order valence-electron chi connectivity index (χ0n) is 10.2. The maximum atomic E-state index is 11.7. The van der Waals surface area contributed by atoms with Crippen LogP contribution in [0.1, 0.15) is 39.0 Å². The number of hydrogen-bond donors (Lipinski definition) is 2. The third-order valence-corrected chi connectivity index (χ3v) is 3.17. The number of aliphatic hydroxyl groups excluding tert-OH is 1. The van der Waals surface area contributed by atoms with E-state index >= 15 is 0 Å². The van der Waals surface area contributed by atoms with Crippen molar-refractivity contribution >= 4 is 5.91 Å². The number of carbonyl (C=O) groups is 1. The lowest BCUT2D eigenvalue weighted by Crippen LogP contribution is -2.41. The van der Waals surface area contributed by atoms with E-state index in [1.54, 1.807) is 0 Å². The standard InChI is InChI=1S/C12H24N2O2/c1-2-14(8-5-9-15)10-12(16)13-11-6-3-4-7-11/h11,15H,2-10H2,1H3,(H,13,16). The van der Waals surface area contributed by atoms with Gasteiger partial charge in [-0.15, -0.1) is 0 Å². The molecule has 1 aliphatic carbocycles. The molecule has 1 rings (SSSR count). The highest BCUT2D eigenvalue weighted by Gasteiger charge is 2.17. The van der Waals surface area contributed by atoms with Crippen molar-refractivity contribution in [2.24, 2.45) is 0 Å². The molecule has 0 saturated heterocycles. The van der Waals surface area contributed by atoms with Gasteiger partial charge in [0.1, 0.15) is 0 Å². The average Bonchev–Trinajstić information content (AvgIpc) is 2.76. The van der Waals surface area contributed by atoms with Gasteiger partial charge in [0, 0.05) is 19.2 Å². The van der Waals surface area contributed by atoms with E-state index in [0.717, 1.165) is 32.4 Å². The van der Waals surface area contributed by atoms with Gasteiger partial charge in [0.2, 0.25) is 5.91 Å². The highest BCUT2D eigenvalue weighted by Crippen LogP contribution is 2.17. The van der Waals surface area contributed by atoms with Gasteiger partial charge in [-0.1, -0.05) is 19.8 Å². The lowest BCUT2D eigenvalue weighted by molar-refractivity contribution is -0.122. The van der Waals surface area contributed by atoms with Crippen molar-refractivity contribution in [2.45, 2.75) is 45.1 Å². The molecule has 1 saturated carbocycles. The molecule has 0 aromatic heterocycles. The number of carbonyl (C=O) groups excluding carboxylic acids is 1. The number of nitrogens with one attached hydrogen (secondary N) is 1. The van der Waals surface area contributed by atoms with Gasteiger partial charge in [-0.3, -0.25) is 9.69 Å². The summed E-state index contributed by atoms with van der Waals surface area (Å²) in [6.07, 6.45) is 5.49. The van der Waals surface area contributed by atoms with Gasteiger partial charge in [0.25, 0.3) is 0 Å². The molecule has 0 aromatic carbocycles. The SMILES string of the molecule is CCN(CCCO)CC(=O)NC1CCCC1. The van der Waals surface area contributed by atoms with Crippen molar-refractivity contribution in [3.05, 3.63) is 0 Å². The Hall–Kier alpha value is -0.610. The summed E-state index contributed by atoms with van der Waals surface area (Å²) in [5.41, 5.74) is 0. The van der Waals surface area contributed by atoms with E-state index in [1.165, 1.54) is 12.8 Å². The molecule has 0 radical (unpaired) electrons. The van der Waals surface area contributed by atoms with E-state index in [-0.39, 0.29) is 12.5 Å². The summed E-state index contributed by atoms with van der Waals surface area (Å²) in [5.74, 6) is 0.131. The number of likely N-dealkylation sites (N-methyl/N-ethyl adjacent to an activating group) is 1. The zero-order chi connectivity index (χ0) is 11.8. The minimum Gasteiger partial charge on any atom is -0.396 e. The Balaban J connectivity index is 2.19. The van der Waals surface area contributed by atoms with Gasteiger partial charge in [-0.05, 0) is 25.8 Å². The maximum absolute atomic E-state index is 11.7. The number of rotatable bonds is 7. The van der Waals surface area contributed by atoms with Crippen LogP contribution in [0, 0.1) is 0 Å². The van der Waals surface area contributed by atoms with Crippen LogP contribution in [0.15, 0.2) is 0 Å². The molecule has 0 heterocycles. The monoisotopic (exact) mass is 228 g/mol. The third kappa shape index (κ3) is 4.94. The normalized spacial score (nSPS) is 16.9. The van der Waals surface area contributed by atoms with Crippen LogP contribution in [0.4, 0.5) is 0 Å². The van der Waals surface area contributed by atoms with E-state index in [0.29, 0.717) is 12.6 Å². The van der Waals surface area contributed by atoms with Crippen molar-refractivity contribution in [3.8, 4) is 0 Å². The number of aliphatic hydroxyl groups is 1. The molecule has 4 heteroatoms. The van der Waals surface area contributed by atoms with Gasteiger partial charge >= 0.3 is 0 Å². The fourth-order valence-corrected chi connectivity index (χ4v) is 2.19. The number of hydrogen-bond acceptors (Lipinski definition) is 3. The first kappa shape index (κ1) is 13.5. The summed E-state index contributed by atoms with van der Waals surface area (Å²) >= 11 is 0. The van der Waals surface area contributed by atoms with Gasteiger partial charge < -0.3 is 10.4 Å². The second-order valence-electron chi connectivity index (χ2n) is 4.49. The van der Waals surface area contributed by atoms with Crippen LogP contribution in [0.3, 0.4) is 0 Å². The summed E-state index contributed by atoms with van der Waals surface area (Å²) in [6.45, 7) is 4.36. The van der Waals surface area contributed by atoms with Gasteiger partial charge in [-0.2, -0.15) is 0 Å². The molecule has 1 fully saturated rings. The first-order valence-corrected chi connectivity index (χ1v) is 6.38. The molecule has 4 nitrogen and oxygen atoms in total. The second-order valence-corrected chi connectivity index (χ2v) is 4.49. The van der Waals surface area contributed by atoms with Crippen LogP contribution >= 0.6 is 0 Å². The van der Waals surface area contributed by atoms with Crippen LogP contribution in [0.2, 0.25) is 0 Å². The van der Waals surface area contributed by atoms with Crippen molar-refractivity contribution < 1.29 is 9.90 Å². The quantitative estimate of drug-likeness (QED) is 0.676. The van der Waals surface area contributed by atoms with Gasteiger partial charge in [0.05, 0.1) is 6.54 Å². The lowest BCUT2D eigenvalue weighted by Gasteiger charge is -2.20. The fourth-order valence-electron chi connectivity index (χ4n) is 2.19. The number of amides is 1. The Labute approximate surface area is 98.0 Å². The minimum atomic E-state index is 0.131. The summed E-state index contributed by atoms with van der Waals surface area (Å²) in [4.78, 5) is 13.8. The van der Waals surface area contributed by atoms with Crippen molar-refractivity contribution in [2.75, 3.05) is 26.2 Å². The molecular weight excluding hydrogens is 204 g/mol. The number of nitrogens with zero attached hydrogens (tertiary/aromatic N) is 1. The molecular formula is C12H24N2O2.